The Morgan fingerprint density at radius 1 is 1.39 bits per heavy atom. The Hall–Kier alpha value is -1.73. The maximum Gasteiger partial charge on any atom is 0.305 e. The molecule has 0 saturated carbocycles. The Kier molecular flexibility index (Phi) is 4.06. The fraction of sp³-hybridized carbons (Fsp3) is 0.182. The summed E-state index contributed by atoms with van der Waals surface area (Å²) in [6, 6.07) is 1.94. The van der Waals surface area contributed by atoms with Crippen molar-refractivity contribution < 1.29 is 14.7 Å². The second-order valence-electron chi connectivity index (χ2n) is 3.45. The van der Waals surface area contributed by atoms with E-state index in [2.05, 4.69) is 10.3 Å². The van der Waals surface area contributed by atoms with Crippen LogP contribution in [0.15, 0.2) is 22.2 Å². The van der Waals surface area contributed by atoms with Crippen molar-refractivity contribution in [2.45, 2.75) is 6.42 Å². The number of hydrogen-bond acceptors (Lipinski definition) is 5. The minimum atomic E-state index is -0.937. The van der Waals surface area contributed by atoms with Crippen LogP contribution in [0.1, 0.15) is 16.9 Å². The van der Waals surface area contributed by atoms with Gasteiger partial charge in [0.15, 0.2) is 0 Å². The van der Waals surface area contributed by atoms with E-state index in [0.29, 0.717) is 5.69 Å². The van der Waals surface area contributed by atoms with Crippen LogP contribution in [0.4, 0.5) is 0 Å². The largest absolute Gasteiger partial charge is 0.481 e. The van der Waals surface area contributed by atoms with E-state index in [1.54, 1.807) is 16.7 Å². The van der Waals surface area contributed by atoms with Gasteiger partial charge in [-0.15, -0.1) is 11.3 Å². The molecular formula is C11H10N2O3S2. The molecule has 0 aliphatic rings. The summed E-state index contributed by atoms with van der Waals surface area (Å²) in [6.07, 6.45) is -0.0900. The highest BCUT2D eigenvalue weighted by Gasteiger charge is 2.11. The molecule has 0 unspecified atom stereocenters. The molecule has 0 radical (unpaired) electrons. The van der Waals surface area contributed by atoms with Gasteiger partial charge < -0.3 is 10.4 Å². The van der Waals surface area contributed by atoms with Crippen LogP contribution in [0.5, 0.6) is 0 Å². The molecule has 0 saturated heterocycles. The molecule has 2 aromatic heterocycles. The van der Waals surface area contributed by atoms with Crippen molar-refractivity contribution in [1.29, 1.82) is 0 Å². The van der Waals surface area contributed by atoms with Crippen molar-refractivity contribution in [1.82, 2.24) is 10.3 Å². The molecule has 2 rings (SSSR count). The zero-order chi connectivity index (χ0) is 13.0. The number of carboxylic acids is 1. The maximum absolute atomic E-state index is 11.7. The number of thiophene rings is 1. The van der Waals surface area contributed by atoms with Gasteiger partial charge in [-0.1, -0.05) is 0 Å². The summed E-state index contributed by atoms with van der Waals surface area (Å²) in [5, 5.41) is 17.4. The Morgan fingerprint density at radius 2 is 2.22 bits per heavy atom. The zero-order valence-electron chi connectivity index (χ0n) is 9.25. The summed E-state index contributed by atoms with van der Waals surface area (Å²) in [4.78, 5) is 26.2. The van der Waals surface area contributed by atoms with Gasteiger partial charge in [-0.2, -0.15) is 11.3 Å². The van der Waals surface area contributed by atoms with Crippen molar-refractivity contribution in [3.05, 3.63) is 27.9 Å². The molecule has 0 fully saturated rings. The highest BCUT2D eigenvalue weighted by atomic mass is 32.1. The van der Waals surface area contributed by atoms with Crippen LogP contribution in [-0.2, 0) is 4.79 Å². The number of amides is 1. The van der Waals surface area contributed by atoms with E-state index < -0.39 is 5.97 Å². The first-order valence-corrected chi connectivity index (χ1v) is 6.97. The third kappa shape index (κ3) is 3.14. The average molecular weight is 282 g/mol. The molecule has 2 aromatic rings. The van der Waals surface area contributed by atoms with E-state index in [4.69, 9.17) is 5.11 Å². The van der Waals surface area contributed by atoms with E-state index >= 15 is 0 Å². The van der Waals surface area contributed by atoms with Crippen LogP contribution >= 0.6 is 22.7 Å². The molecule has 0 aromatic carbocycles. The third-order valence-corrected chi connectivity index (χ3v) is 3.70. The third-order valence-electron chi connectivity index (χ3n) is 2.13. The average Bonchev–Trinajstić information content (AvgIpc) is 2.99. The lowest BCUT2D eigenvalue weighted by Crippen LogP contribution is -2.26. The lowest BCUT2D eigenvalue weighted by Gasteiger charge is -1.99. The van der Waals surface area contributed by atoms with E-state index in [-0.39, 0.29) is 18.9 Å². The molecule has 1 amide bonds. The Bertz CT molecular complexity index is 548. The Morgan fingerprint density at radius 3 is 2.89 bits per heavy atom. The fourth-order valence-corrected chi connectivity index (χ4v) is 2.78. The van der Waals surface area contributed by atoms with Crippen LogP contribution in [-0.4, -0.2) is 28.5 Å². The summed E-state index contributed by atoms with van der Waals surface area (Å²) >= 11 is 2.96. The number of carbonyl (C=O) groups excluding carboxylic acids is 1. The fourth-order valence-electron chi connectivity index (χ4n) is 1.27. The van der Waals surface area contributed by atoms with Gasteiger partial charge in [0.2, 0.25) is 0 Å². The van der Waals surface area contributed by atoms with Crippen LogP contribution in [0.2, 0.25) is 0 Å². The summed E-state index contributed by atoms with van der Waals surface area (Å²) in [5.74, 6) is -1.28. The molecule has 7 heteroatoms. The van der Waals surface area contributed by atoms with E-state index in [1.807, 2.05) is 16.8 Å². The van der Waals surface area contributed by atoms with Gasteiger partial charge in [-0.25, -0.2) is 4.98 Å². The van der Waals surface area contributed by atoms with Crippen molar-refractivity contribution in [3.63, 3.8) is 0 Å². The number of aromatic nitrogens is 1. The lowest BCUT2D eigenvalue weighted by molar-refractivity contribution is -0.136. The van der Waals surface area contributed by atoms with E-state index in [0.717, 1.165) is 10.6 Å². The summed E-state index contributed by atoms with van der Waals surface area (Å²) in [7, 11) is 0. The summed E-state index contributed by atoms with van der Waals surface area (Å²) in [5.41, 5.74) is 1.32. The predicted molar refractivity (Wildman–Crippen MR) is 70.0 cm³/mol. The number of aliphatic carboxylic acids is 1. The zero-order valence-corrected chi connectivity index (χ0v) is 10.9. The van der Waals surface area contributed by atoms with Gasteiger partial charge in [0.25, 0.3) is 5.91 Å². The number of carbonyl (C=O) groups is 2. The lowest BCUT2D eigenvalue weighted by atomic mass is 10.3. The highest BCUT2D eigenvalue weighted by Crippen LogP contribution is 2.25. The molecule has 94 valence electrons. The standard InChI is InChI=1S/C11H10N2O3S2/c14-9(15)1-3-12-10(16)8-6-18-11(13-8)7-2-4-17-5-7/h2,4-6H,1,3H2,(H,12,16)(H,14,15). The minimum Gasteiger partial charge on any atom is -0.481 e. The first-order valence-electron chi connectivity index (χ1n) is 5.15. The first-order chi connectivity index (χ1) is 8.66. The molecule has 0 atom stereocenters. The smallest absolute Gasteiger partial charge is 0.305 e. The minimum absolute atomic E-state index is 0.0900. The van der Waals surface area contributed by atoms with Crippen molar-refractivity contribution in [2.75, 3.05) is 6.54 Å². The number of hydrogen-bond donors (Lipinski definition) is 2. The molecule has 0 aliphatic carbocycles. The predicted octanol–water partition coefficient (Wildman–Crippen LogP) is 2.08. The Labute approximate surface area is 111 Å². The number of rotatable bonds is 5. The van der Waals surface area contributed by atoms with Gasteiger partial charge in [-0.3, -0.25) is 9.59 Å². The quantitative estimate of drug-likeness (QED) is 0.880. The van der Waals surface area contributed by atoms with Gasteiger partial charge in [-0.05, 0) is 11.4 Å². The number of thiazole rings is 1. The van der Waals surface area contributed by atoms with Gasteiger partial charge >= 0.3 is 5.97 Å². The van der Waals surface area contributed by atoms with Crippen LogP contribution in [0.3, 0.4) is 0 Å². The molecule has 2 heterocycles. The van der Waals surface area contributed by atoms with Gasteiger partial charge in [0.1, 0.15) is 10.7 Å². The monoisotopic (exact) mass is 282 g/mol. The molecule has 0 bridgehead atoms. The van der Waals surface area contributed by atoms with Crippen LogP contribution in [0, 0.1) is 0 Å². The second-order valence-corrected chi connectivity index (χ2v) is 5.09. The molecule has 18 heavy (non-hydrogen) atoms. The number of carboxylic acid groups (broad SMARTS) is 1. The van der Waals surface area contributed by atoms with E-state index in [1.165, 1.54) is 11.3 Å². The molecular weight excluding hydrogens is 272 g/mol. The summed E-state index contributed by atoms with van der Waals surface area (Å²) < 4.78 is 0. The molecule has 0 aliphatic heterocycles. The molecule has 2 N–H and O–H groups in total. The normalized spacial score (nSPS) is 10.2. The van der Waals surface area contributed by atoms with Crippen LogP contribution in [0.25, 0.3) is 10.6 Å². The molecule has 5 nitrogen and oxygen atoms in total. The van der Waals surface area contributed by atoms with E-state index in [9.17, 15) is 9.59 Å². The number of nitrogens with one attached hydrogen (secondary N) is 1. The first kappa shape index (κ1) is 12.7. The summed E-state index contributed by atoms with van der Waals surface area (Å²) in [6.45, 7) is 0.111. The van der Waals surface area contributed by atoms with Crippen molar-refractivity contribution in [3.8, 4) is 10.6 Å². The topological polar surface area (TPSA) is 79.3 Å². The molecule has 0 spiro atoms. The maximum atomic E-state index is 11.7. The van der Waals surface area contributed by atoms with Crippen molar-refractivity contribution in [2.24, 2.45) is 0 Å². The SMILES string of the molecule is O=C(O)CCNC(=O)c1csc(-c2ccsc2)n1. The van der Waals surface area contributed by atoms with Gasteiger partial charge in [0.05, 0.1) is 6.42 Å². The van der Waals surface area contributed by atoms with Crippen LogP contribution < -0.4 is 5.32 Å². The second kappa shape index (κ2) is 5.74. The highest BCUT2D eigenvalue weighted by molar-refractivity contribution is 7.14. The van der Waals surface area contributed by atoms with Crippen molar-refractivity contribution >= 4 is 34.6 Å². The number of nitrogens with zero attached hydrogens (tertiary/aromatic N) is 1. The van der Waals surface area contributed by atoms with Gasteiger partial charge in [0, 0.05) is 22.9 Å². The Balaban J connectivity index is 1.97.